The lowest BCUT2D eigenvalue weighted by molar-refractivity contribution is -0.146. The number of rotatable bonds is 2. The Labute approximate surface area is 127 Å². The highest BCUT2D eigenvalue weighted by Gasteiger charge is 2.17. The van der Waals surface area contributed by atoms with Crippen LogP contribution in [0.15, 0.2) is 35.5 Å². The molecule has 0 bridgehead atoms. The number of esters is 1. The molecule has 4 nitrogen and oxygen atoms in total. The maximum atomic E-state index is 11.8. The van der Waals surface area contributed by atoms with E-state index in [9.17, 15) is 9.90 Å². The maximum absolute atomic E-state index is 11.8. The summed E-state index contributed by atoms with van der Waals surface area (Å²) in [5.74, 6) is -0.409. The van der Waals surface area contributed by atoms with E-state index in [-0.39, 0.29) is 12.7 Å². The van der Waals surface area contributed by atoms with Crippen molar-refractivity contribution in [3.05, 3.63) is 35.5 Å². The average molecular weight is 294 g/mol. The molecule has 1 aliphatic rings. The zero-order valence-corrected chi connectivity index (χ0v) is 13.2. The van der Waals surface area contributed by atoms with Crippen LogP contribution in [0.1, 0.15) is 39.5 Å². The number of cyclic esters (lactones) is 1. The Hall–Kier alpha value is -1.39. The minimum absolute atomic E-state index is 0.160. The molecule has 1 heterocycles. The van der Waals surface area contributed by atoms with Crippen molar-refractivity contribution in [1.82, 2.24) is 0 Å². The minimum atomic E-state index is -0.545. The summed E-state index contributed by atoms with van der Waals surface area (Å²) in [7, 11) is 1.61. The van der Waals surface area contributed by atoms with Crippen molar-refractivity contribution >= 4 is 5.97 Å². The summed E-state index contributed by atoms with van der Waals surface area (Å²) < 4.78 is 10.6. The van der Waals surface area contributed by atoms with Crippen molar-refractivity contribution in [2.75, 3.05) is 13.7 Å². The van der Waals surface area contributed by atoms with Crippen molar-refractivity contribution in [3.63, 3.8) is 0 Å². The summed E-state index contributed by atoms with van der Waals surface area (Å²) >= 11 is 0. The lowest BCUT2D eigenvalue weighted by atomic mass is 10.1. The molecule has 0 aliphatic carbocycles. The first kappa shape index (κ1) is 17.7. The van der Waals surface area contributed by atoms with Crippen LogP contribution in [0.2, 0.25) is 0 Å². The van der Waals surface area contributed by atoms with Crippen molar-refractivity contribution in [2.24, 2.45) is 0 Å². The van der Waals surface area contributed by atoms with E-state index in [4.69, 9.17) is 9.47 Å². The van der Waals surface area contributed by atoms with Gasteiger partial charge in [-0.1, -0.05) is 29.4 Å². The molecule has 1 aliphatic heterocycles. The van der Waals surface area contributed by atoms with Crippen LogP contribution in [0.5, 0.6) is 0 Å². The molecular weight excluding hydrogens is 268 g/mol. The number of carbonyl (C=O) groups excluding carboxylic acids is 1. The molecule has 21 heavy (non-hydrogen) atoms. The Morgan fingerprint density at radius 1 is 1.38 bits per heavy atom. The van der Waals surface area contributed by atoms with Crippen LogP contribution in [0.3, 0.4) is 0 Å². The molecule has 2 unspecified atom stereocenters. The summed E-state index contributed by atoms with van der Waals surface area (Å²) in [5, 5.41) is 9.34. The Balaban J connectivity index is 2.87. The van der Waals surface area contributed by atoms with Crippen LogP contribution in [0.25, 0.3) is 0 Å². The second-order valence-corrected chi connectivity index (χ2v) is 5.46. The standard InChI is InChI=1S/C17H26O4/c1-13-6-4-5-7-15(20-3)11-16(12-18)21-17(19)10-14(2)9-8-13/h5,7-8,10,15-16,18H,4,6,9,11-12H2,1-3H3. The third-order valence-electron chi connectivity index (χ3n) is 3.48. The fraction of sp³-hybridized carbons (Fsp3) is 0.588. The highest BCUT2D eigenvalue weighted by molar-refractivity contribution is 5.82. The Bertz CT molecular complexity index is 421. The van der Waals surface area contributed by atoms with Crippen LogP contribution in [-0.2, 0) is 14.3 Å². The van der Waals surface area contributed by atoms with Gasteiger partial charge in [-0.05, 0) is 33.1 Å². The van der Waals surface area contributed by atoms with Gasteiger partial charge in [0.25, 0.3) is 0 Å². The fourth-order valence-electron chi connectivity index (χ4n) is 2.13. The number of carbonyl (C=O) groups is 1. The zero-order valence-electron chi connectivity index (χ0n) is 13.2. The summed E-state index contributed by atoms with van der Waals surface area (Å²) in [6.07, 6.45) is 10.1. The maximum Gasteiger partial charge on any atom is 0.331 e. The first-order chi connectivity index (χ1) is 10.0. The smallest absolute Gasteiger partial charge is 0.331 e. The highest BCUT2D eigenvalue weighted by Crippen LogP contribution is 2.14. The first-order valence-electron chi connectivity index (χ1n) is 7.39. The van der Waals surface area contributed by atoms with Gasteiger partial charge in [-0.3, -0.25) is 0 Å². The van der Waals surface area contributed by atoms with Gasteiger partial charge in [-0.2, -0.15) is 0 Å². The zero-order chi connectivity index (χ0) is 15.7. The van der Waals surface area contributed by atoms with Gasteiger partial charge < -0.3 is 14.6 Å². The molecule has 1 rings (SSSR count). The van der Waals surface area contributed by atoms with Crippen molar-refractivity contribution in [2.45, 2.75) is 51.7 Å². The molecule has 0 saturated heterocycles. The van der Waals surface area contributed by atoms with Gasteiger partial charge >= 0.3 is 5.97 Å². The fourth-order valence-corrected chi connectivity index (χ4v) is 2.13. The molecule has 0 fully saturated rings. The van der Waals surface area contributed by atoms with Crippen molar-refractivity contribution in [3.8, 4) is 0 Å². The summed E-state index contributed by atoms with van der Waals surface area (Å²) in [5.41, 5.74) is 2.26. The van der Waals surface area contributed by atoms with E-state index in [1.54, 1.807) is 7.11 Å². The van der Waals surface area contributed by atoms with E-state index in [2.05, 4.69) is 19.1 Å². The summed E-state index contributed by atoms with van der Waals surface area (Å²) in [6, 6.07) is 0. The number of aliphatic hydroxyl groups is 1. The third-order valence-corrected chi connectivity index (χ3v) is 3.48. The van der Waals surface area contributed by atoms with Gasteiger partial charge in [-0.15, -0.1) is 0 Å². The Morgan fingerprint density at radius 3 is 2.81 bits per heavy atom. The molecule has 118 valence electrons. The summed E-state index contributed by atoms with van der Waals surface area (Å²) in [4.78, 5) is 11.8. The normalized spacial score (nSPS) is 25.6. The molecule has 0 aromatic heterocycles. The van der Waals surface area contributed by atoms with Crippen molar-refractivity contribution in [1.29, 1.82) is 0 Å². The molecule has 2 atom stereocenters. The molecule has 0 aromatic rings. The monoisotopic (exact) mass is 294 g/mol. The molecule has 1 N–H and O–H groups in total. The van der Waals surface area contributed by atoms with Crippen LogP contribution in [-0.4, -0.2) is 37.0 Å². The molecule has 0 amide bonds. The summed E-state index contributed by atoms with van der Waals surface area (Å²) in [6.45, 7) is 3.80. The lowest BCUT2D eigenvalue weighted by Gasteiger charge is -2.19. The minimum Gasteiger partial charge on any atom is -0.457 e. The molecule has 0 radical (unpaired) electrons. The van der Waals surface area contributed by atoms with Gasteiger partial charge in [-0.25, -0.2) is 4.79 Å². The quantitative estimate of drug-likeness (QED) is 0.628. The Kier molecular flexibility index (Phi) is 8.01. The number of aliphatic hydroxyl groups excluding tert-OH is 1. The highest BCUT2D eigenvalue weighted by atomic mass is 16.6. The second kappa shape index (κ2) is 9.53. The molecule has 0 spiro atoms. The third kappa shape index (κ3) is 7.25. The van der Waals surface area contributed by atoms with E-state index in [0.29, 0.717) is 6.42 Å². The van der Waals surface area contributed by atoms with E-state index in [0.717, 1.165) is 24.8 Å². The number of hydrogen-bond acceptors (Lipinski definition) is 4. The van der Waals surface area contributed by atoms with E-state index >= 15 is 0 Å². The Morgan fingerprint density at radius 2 is 2.14 bits per heavy atom. The van der Waals surface area contributed by atoms with E-state index in [1.165, 1.54) is 11.6 Å². The molecule has 4 heteroatoms. The lowest BCUT2D eigenvalue weighted by Crippen LogP contribution is -2.26. The largest absolute Gasteiger partial charge is 0.457 e. The number of allylic oxidation sites excluding steroid dienone is 4. The van der Waals surface area contributed by atoms with Gasteiger partial charge in [0.1, 0.15) is 6.10 Å². The van der Waals surface area contributed by atoms with Gasteiger partial charge in [0.15, 0.2) is 0 Å². The van der Waals surface area contributed by atoms with Crippen LogP contribution < -0.4 is 0 Å². The predicted octanol–water partition coefficient (Wildman–Crippen LogP) is 2.93. The van der Waals surface area contributed by atoms with Crippen molar-refractivity contribution < 1.29 is 19.4 Å². The van der Waals surface area contributed by atoms with Crippen LogP contribution >= 0.6 is 0 Å². The predicted molar refractivity (Wildman–Crippen MR) is 82.9 cm³/mol. The molecule has 0 aromatic carbocycles. The second-order valence-electron chi connectivity index (χ2n) is 5.46. The van der Waals surface area contributed by atoms with Gasteiger partial charge in [0, 0.05) is 19.6 Å². The molecular formula is C17H26O4. The van der Waals surface area contributed by atoms with E-state index in [1.807, 2.05) is 13.0 Å². The first-order valence-corrected chi connectivity index (χ1v) is 7.39. The van der Waals surface area contributed by atoms with Gasteiger partial charge in [0.2, 0.25) is 0 Å². The van der Waals surface area contributed by atoms with Crippen LogP contribution in [0.4, 0.5) is 0 Å². The number of methoxy groups -OCH3 is 1. The molecule has 0 saturated carbocycles. The number of hydrogen-bond donors (Lipinski definition) is 1. The van der Waals surface area contributed by atoms with Crippen LogP contribution in [0, 0.1) is 0 Å². The SMILES string of the molecule is COC1C=CCCC(C)=CCC(C)=CC(=O)OC(CO)C1. The van der Waals surface area contributed by atoms with E-state index < -0.39 is 12.1 Å². The topological polar surface area (TPSA) is 55.8 Å². The van der Waals surface area contributed by atoms with Gasteiger partial charge in [0.05, 0.1) is 12.7 Å². The number of ether oxygens (including phenoxy) is 2. The average Bonchev–Trinajstić information content (AvgIpc) is 2.46.